The molecule has 4 aromatic carbocycles. The minimum Gasteiger partial charge on any atom is -0.512 e. The molecule has 8 bridgehead atoms. The number of aliphatic hydroxyl groups excluding tert-OH is 1. The smallest absolute Gasteiger partial charge is 0.165 e. The Morgan fingerprint density at radius 3 is 1.75 bits per heavy atom. The minimum absolute atomic E-state index is 0. The molecule has 8 saturated carbocycles. The minimum atomic E-state index is -1.48. The van der Waals surface area contributed by atoms with Gasteiger partial charge in [0, 0.05) is 42.4 Å². The summed E-state index contributed by atoms with van der Waals surface area (Å²) in [5.41, 5.74) is 10.2. The maximum Gasteiger partial charge on any atom is 0.165 e. The van der Waals surface area contributed by atoms with E-state index < -0.39 is 8.07 Å². The number of carbonyl (C=O) groups is 1. The van der Waals surface area contributed by atoms with E-state index in [1.165, 1.54) is 76.9 Å². The molecule has 313 valence electrons. The molecule has 0 unspecified atom stereocenters. The van der Waals surface area contributed by atoms with Gasteiger partial charge in [-0.15, -0.1) is 34.9 Å². The number of aliphatic hydroxyl groups is 1. The molecule has 8 aliphatic carbocycles. The van der Waals surface area contributed by atoms with Crippen LogP contribution in [0, 0.1) is 66.3 Å². The summed E-state index contributed by atoms with van der Waals surface area (Å²) in [5, 5.41) is 13.8. The van der Waals surface area contributed by atoms with Gasteiger partial charge in [-0.2, -0.15) is 0 Å². The SMILES string of the molecule is Cc1[c-]c(-c2cc(-c3ccccc3-c3ccccc3)c3cc([Si](C)(C)C)ccc3n2)cc(C)c1.O=C(/C=C(\O)C12CC3CC(CC(C3)C1)C2)C12CC3CC(CC(C3)C1)C2.[Ir]. The van der Waals surface area contributed by atoms with Gasteiger partial charge in [-0.3, -0.25) is 9.78 Å². The maximum atomic E-state index is 13.4. The fraction of sp³-hybridized carbons (Fsp3) is 0.455. The Hall–Kier alpha value is -3.63. The van der Waals surface area contributed by atoms with Crippen molar-refractivity contribution in [2.75, 3.05) is 0 Å². The Balaban J connectivity index is 0.000000158. The van der Waals surface area contributed by atoms with Crippen molar-refractivity contribution in [3.05, 3.63) is 120 Å². The molecule has 3 nitrogen and oxygen atoms in total. The summed E-state index contributed by atoms with van der Waals surface area (Å²) in [6.45, 7) is 11.4. The Kier molecular flexibility index (Phi) is 11.1. The van der Waals surface area contributed by atoms with Gasteiger partial charge in [-0.05, 0) is 147 Å². The number of ketones is 1. The van der Waals surface area contributed by atoms with Gasteiger partial charge in [0.2, 0.25) is 0 Å². The molecule has 60 heavy (non-hydrogen) atoms. The van der Waals surface area contributed by atoms with Crippen LogP contribution in [0.1, 0.15) is 88.2 Å². The van der Waals surface area contributed by atoms with Crippen LogP contribution >= 0.6 is 0 Å². The molecule has 1 aromatic heterocycles. The normalized spacial score (nSPS) is 29.9. The zero-order valence-corrected chi connectivity index (χ0v) is 39.7. The van der Waals surface area contributed by atoms with E-state index in [4.69, 9.17) is 4.98 Å². The van der Waals surface area contributed by atoms with Crippen LogP contribution < -0.4 is 5.19 Å². The summed E-state index contributed by atoms with van der Waals surface area (Å²) < 4.78 is 0. The van der Waals surface area contributed by atoms with Crippen LogP contribution in [0.15, 0.2) is 103 Å². The van der Waals surface area contributed by atoms with E-state index in [2.05, 4.69) is 131 Å². The average Bonchev–Trinajstić information content (AvgIpc) is 3.19. The first kappa shape index (κ1) is 41.7. The van der Waals surface area contributed by atoms with E-state index in [-0.39, 0.29) is 30.9 Å². The second-order valence-electron chi connectivity index (χ2n) is 21.5. The molecule has 13 rings (SSSR count). The number of carbonyl (C=O) groups excluding carboxylic acids is 1. The number of pyridine rings is 1. The topological polar surface area (TPSA) is 50.2 Å². The Morgan fingerprint density at radius 2 is 1.20 bits per heavy atom. The van der Waals surface area contributed by atoms with E-state index >= 15 is 0 Å². The molecule has 5 aromatic rings. The van der Waals surface area contributed by atoms with Crippen molar-refractivity contribution in [2.45, 2.75) is 111 Å². The molecule has 5 heteroatoms. The van der Waals surface area contributed by atoms with Gasteiger partial charge in [0.25, 0.3) is 0 Å². The second-order valence-corrected chi connectivity index (χ2v) is 26.6. The monoisotopic (exact) mass is 989 g/mol. The largest absolute Gasteiger partial charge is 0.512 e. The molecule has 1 heterocycles. The summed E-state index contributed by atoms with van der Waals surface area (Å²) in [4.78, 5) is 18.5. The molecule has 0 aliphatic heterocycles. The Bertz CT molecular complexity index is 2370. The van der Waals surface area contributed by atoms with Crippen LogP contribution in [0.25, 0.3) is 44.4 Å². The van der Waals surface area contributed by atoms with E-state index in [0.717, 1.165) is 96.4 Å². The molecule has 1 N–H and O–H groups in total. The molecule has 0 saturated heterocycles. The van der Waals surface area contributed by atoms with Crippen molar-refractivity contribution in [3.8, 4) is 33.5 Å². The fourth-order valence-electron chi connectivity index (χ4n) is 13.9. The van der Waals surface area contributed by atoms with Crippen molar-refractivity contribution < 1.29 is 30.0 Å². The number of benzene rings is 4. The first-order valence-electron chi connectivity index (χ1n) is 22.9. The first-order chi connectivity index (χ1) is 28.3. The summed E-state index contributed by atoms with van der Waals surface area (Å²) in [5.74, 6) is 5.64. The van der Waals surface area contributed by atoms with Gasteiger partial charge in [-0.25, -0.2) is 0 Å². The molecular formula is C55H62IrNO2Si-. The van der Waals surface area contributed by atoms with Gasteiger partial charge in [-0.1, -0.05) is 111 Å². The van der Waals surface area contributed by atoms with E-state index in [9.17, 15) is 9.90 Å². The van der Waals surface area contributed by atoms with Crippen molar-refractivity contribution >= 4 is 29.9 Å². The van der Waals surface area contributed by atoms with Crippen molar-refractivity contribution in [1.29, 1.82) is 0 Å². The summed E-state index contributed by atoms with van der Waals surface area (Å²) >= 11 is 0. The van der Waals surface area contributed by atoms with Gasteiger partial charge in [0.1, 0.15) is 5.76 Å². The Labute approximate surface area is 373 Å². The third-order valence-corrected chi connectivity index (χ3v) is 17.9. The van der Waals surface area contributed by atoms with E-state index in [1.807, 2.05) is 0 Å². The maximum absolute atomic E-state index is 13.4. The third-order valence-electron chi connectivity index (χ3n) is 15.8. The number of hydrogen-bond donors (Lipinski definition) is 1. The number of allylic oxidation sites excluding steroid dienone is 2. The zero-order valence-electron chi connectivity index (χ0n) is 36.3. The fourth-order valence-corrected chi connectivity index (χ4v) is 15.1. The number of fused-ring (bicyclic) bond motifs is 1. The number of aryl methyl sites for hydroxylation is 2. The molecule has 1 radical (unpaired) electrons. The van der Waals surface area contributed by atoms with Crippen LogP contribution in [0.5, 0.6) is 0 Å². The molecule has 8 aliphatic rings. The third kappa shape index (κ3) is 7.86. The quantitative estimate of drug-likeness (QED) is 0.0765. The van der Waals surface area contributed by atoms with Crippen molar-refractivity contribution in [1.82, 2.24) is 4.98 Å². The standard InChI is InChI=1S/C32H30NSi.C23H32O2.Ir/c1-22-17-23(2)19-25(18-22)32-21-29(30-20-26(34(3,4)5)15-16-31(30)33-32)28-14-10-9-13-27(28)24-11-7-6-8-12-24;24-20(22-8-14-1-15(9-22)3-16(2-14)10-22)7-21(25)23-11-17-4-18(12-23)6-19(5-17)13-23;/h6-18,20-21H,1-5H3;7,14-19,24H,1-6,8-13H2;/q-1;;/b;20-7-;. The molecule has 8 fully saturated rings. The number of nitrogens with zero attached hydrogens (tertiary/aromatic N) is 1. The van der Waals surface area contributed by atoms with Gasteiger partial charge >= 0.3 is 0 Å². The average molecular weight is 989 g/mol. The van der Waals surface area contributed by atoms with Crippen LogP contribution in [-0.2, 0) is 24.9 Å². The van der Waals surface area contributed by atoms with E-state index in [1.54, 1.807) is 6.08 Å². The van der Waals surface area contributed by atoms with Crippen LogP contribution in [0.2, 0.25) is 19.6 Å². The molecule has 0 amide bonds. The molecule has 0 spiro atoms. The number of hydrogen-bond acceptors (Lipinski definition) is 3. The van der Waals surface area contributed by atoms with Crippen LogP contribution in [-0.4, -0.2) is 23.9 Å². The summed E-state index contributed by atoms with van der Waals surface area (Å²) in [6, 6.07) is 36.4. The molecular weight excluding hydrogens is 927 g/mol. The van der Waals surface area contributed by atoms with Crippen LogP contribution in [0.3, 0.4) is 0 Å². The predicted molar refractivity (Wildman–Crippen MR) is 246 cm³/mol. The predicted octanol–water partition coefficient (Wildman–Crippen LogP) is 13.6. The molecule has 0 atom stereocenters. The summed E-state index contributed by atoms with van der Waals surface area (Å²) in [7, 11) is -1.48. The van der Waals surface area contributed by atoms with Crippen molar-refractivity contribution in [2.24, 2.45) is 46.3 Å². The van der Waals surface area contributed by atoms with Crippen molar-refractivity contribution in [3.63, 3.8) is 0 Å². The van der Waals surface area contributed by atoms with E-state index in [0.29, 0.717) is 11.5 Å². The van der Waals surface area contributed by atoms with Gasteiger partial charge in [0.15, 0.2) is 5.78 Å². The van der Waals surface area contributed by atoms with Gasteiger partial charge in [0.05, 0.1) is 13.6 Å². The second kappa shape index (κ2) is 15.9. The number of aromatic nitrogens is 1. The van der Waals surface area contributed by atoms with Crippen LogP contribution in [0.4, 0.5) is 0 Å². The first-order valence-corrected chi connectivity index (χ1v) is 26.4. The summed E-state index contributed by atoms with van der Waals surface area (Å²) in [6.07, 6.45) is 16.8. The number of rotatable bonds is 7. The zero-order chi connectivity index (χ0) is 40.7. The van der Waals surface area contributed by atoms with Gasteiger partial charge < -0.3 is 5.11 Å². The Morgan fingerprint density at radius 1 is 0.667 bits per heavy atom.